The zero-order valence-electron chi connectivity index (χ0n) is 9.57. The van der Waals surface area contributed by atoms with Crippen LogP contribution in [-0.2, 0) is 5.60 Å². The number of aromatic amines is 1. The Bertz CT molecular complexity index is 503. The van der Waals surface area contributed by atoms with Crippen molar-refractivity contribution in [2.45, 2.75) is 18.4 Å². The van der Waals surface area contributed by atoms with E-state index in [-0.39, 0.29) is 12.4 Å². The Kier molecular flexibility index (Phi) is 3.43. The van der Waals surface area contributed by atoms with Crippen LogP contribution in [0.4, 0.5) is 0 Å². The normalized spacial score (nSPS) is 18.9. The van der Waals surface area contributed by atoms with Crippen LogP contribution in [-0.4, -0.2) is 23.2 Å². The molecule has 1 aliphatic rings. The van der Waals surface area contributed by atoms with Crippen molar-refractivity contribution in [2.75, 3.05) is 13.1 Å². The van der Waals surface area contributed by atoms with E-state index in [1.54, 1.807) is 0 Å². The van der Waals surface area contributed by atoms with Gasteiger partial charge in [0, 0.05) is 17.1 Å². The van der Waals surface area contributed by atoms with Gasteiger partial charge in [0.1, 0.15) is 0 Å². The van der Waals surface area contributed by atoms with E-state index >= 15 is 0 Å². The van der Waals surface area contributed by atoms with Gasteiger partial charge in [-0.3, -0.25) is 0 Å². The van der Waals surface area contributed by atoms with Gasteiger partial charge in [-0.15, -0.1) is 12.4 Å². The highest BCUT2D eigenvalue weighted by atomic mass is 35.5. The second kappa shape index (κ2) is 4.69. The summed E-state index contributed by atoms with van der Waals surface area (Å²) < 4.78 is 0. The number of aliphatic hydroxyl groups is 1. The van der Waals surface area contributed by atoms with Crippen LogP contribution in [0.3, 0.4) is 0 Å². The lowest BCUT2D eigenvalue weighted by atomic mass is 9.83. The second-order valence-corrected chi connectivity index (χ2v) is 4.53. The number of benzene rings is 1. The quantitative estimate of drug-likeness (QED) is 0.729. The molecule has 3 N–H and O–H groups in total. The van der Waals surface area contributed by atoms with Crippen LogP contribution in [0, 0.1) is 0 Å². The number of H-pyrrole nitrogens is 1. The Morgan fingerprint density at radius 2 is 1.88 bits per heavy atom. The summed E-state index contributed by atoms with van der Waals surface area (Å²) in [5.74, 6) is 0. The van der Waals surface area contributed by atoms with Gasteiger partial charge in [-0.1, -0.05) is 12.1 Å². The Labute approximate surface area is 107 Å². The van der Waals surface area contributed by atoms with Gasteiger partial charge in [-0.2, -0.15) is 0 Å². The molecule has 1 fully saturated rings. The molecule has 0 spiro atoms. The van der Waals surface area contributed by atoms with Gasteiger partial charge in [0.05, 0.1) is 5.60 Å². The van der Waals surface area contributed by atoms with Gasteiger partial charge in [0.2, 0.25) is 0 Å². The lowest BCUT2D eigenvalue weighted by Crippen LogP contribution is -2.39. The van der Waals surface area contributed by atoms with Gasteiger partial charge in [-0.25, -0.2) is 0 Å². The van der Waals surface area contributed by atoms with Crippen molar-refractivity contribution in [2.24, 2.45) is 0 Å². The van der Waals surface area contributed by atoms with E-state index in [1.165, 1.54) is 0 Å². The van der Waals surface area contributed by atoms with Crippen molar-refractivity contribution in [1.82, 2.24) is 10.3 Å². The zero-order valence-corrected chi connectivity index (χ0v) is 10.4. The molecule has 0 bridgehead atoms. The van der Waals surface area contributed by atoms with Crippen molar-refractivity contribution >= 4 is 23.3 Å². The number of piperidine rings is 1. The van der Waals surface area contributed by atoms with Gasteiger partial charge in [0.15, 0.2) is 0 Å². The lowest BCUT2D eigenvalue weighted by Gasteiger charge is -2.33. The van der Waals surface area contributed by atoms with E-state index in [0.717, 1.165) is 42.4 Å². The number of rotatable bonds is 1. The van der Waals surface area contributed by atoms with Crippen molar-refractivity contribution in [3.05, 3.63) is 36.0 Å². The summed E-state index contributed by atoms with van der Waals surface area (Å²) in [5, 5.41) is 15.1. The van der Waals surface area contributed by atoms with E-state index in [4.69, 9.17) is 0 Å². The summed E-state index contributed by atoms with van der Waals surface area (Å²) >= 11 is 0. The van der Waals surface area contributed by atoms with E-state index in [0.29, 0.717) is 0 Å². The van der Waals surface area contributed by atoms with Crippen LogP contribution in [0.5, 0.6) is 0 Å². The van der Waals surface area contributed by atoms with Crippen LogP contribution in [0.1, 0.15) is 18.4 Å². The maximum Gasteiger partial charge on any atom is 0.0927 e. The highest BCUT2D eigenvalue weighted by molar-refractivity contribution is 5.85. The van der Waals surface area contributed by atoms with Gasteiger partial charge >= 0.3 is 0 Å². The number of aromatic nitrogens is 1. The summed E-state index contributed by atoms with van der Waals surface area (Å²) in [5.41, 5.74) is 1.50. The summed E-state index contributed by atoms with van der Waals surface area (Å²) in [6.07, 6.45) is 3.51. The molecular weight excluding hydrogens is 236 g/mol. The first-order chi connectivity index (χ1) is 7.80. The van der Waals surface area contributed by atoms with Gasteiger partial charge < -0.3 is 15.4 Å². The fraction of sp³-hybridized carbons (Fsp3) is 0.385. The van der Waals surface area contributed by atoms with Crippen LogP contribution in [0.2, 0.25) is 0 Å². The molecular formula is C13H17ClN2O. The summed E-state index contributed by atoms with van der Waals surface area (Å²) in [6, 6.07) is 8.14. The van der Waals surface area contributed by atoms with Crippen molar-refractivity contribution in [3.63, 3.8) is 0 Å². The fourth-order valence-electron chi connectivity index (χ4n) is 2.60. The molecule has 0 amide bonds. The molecule has 1 aromatic heterocycles. The summed E-state index contributed by atoms with van der Waals surface area (Å²) in [6.45, 7) is 1.77. The second-order valence-electron chi connectivity index (χ2n) is 4.53. The van der Waals surface area contributed by atoms with Gasteiger partial charge in [-0.05, 0) is 43.6 Å². The Balaban J connectivity index is 0.00000108. The standard InChI is InChI=1S/C13H16N2O.ClH/c16-13(5-8-14-9-6-13)11-2-1-3-12-10(11)4-7-15-12;/h1-4,7,14-16H,5-6,8-9H2;1H. The maximum absolute atomic E-state index is 10.7. The summed E-state index contributed by atoms with van der Waals surface area (Å²) in [7, 11) is 0. The lowest BCUT2D eigenvalue weighted by molar-refractivity contribution is 0.00735. The average Bonchev–Trinajstić information content (AvgIpc) is 2.77. The highest BCUT2D eigenvalue weighted by Gasteiger charge is 2.32. The zero-order chi connectivity index (χ0) is 11.0. The maximum atomic E-state index is 10.7. The first-order valence-electron chi connectivity index (χ1n) is 5.79. The van der Waals surface area contributed by atoms with Crippen LogP contribution in [0.15, 0.2) is 30.5 Å². The third-order valence-corrected chi connectivity index (χ3v) is 3.53. The molecule has 3 nitrogen and oxygen atoms in total. The SMILES string of the molecule is Cl.OC1(c2cccc3[nH]ccc23)CCNCC1. The minimum Gasteiger partial charge on any atom is -0.385 e. The van der Waals surface area contributed by atoms with Crippen molar-refractivity contribution in [3.8, 4) is 0 Å². The minimum absolute atomic E-state index is 0. The molecule has 17 heavy (non-hydrogen) atoms. The third kappa shape index (κ3) is 2.06. The molecule has 1 saturated heterocycles. The van der Waals surface area contributed by atoms with Crippen LogP contribution >= 0.6 is 12.4 Å². The number of hydrogen-bond acceptors (Lipinski definition) is 2. The summed E-state index contributed by atoms with van der Waals surface area (Å²) in [4.78, 5) is 3.19. The van der Waals surface area contributed by atoms with E-state index in [9.17, 15) is 5.11 Å². The molecule has 1 aromatic carbocycles. The minimum atomic E-state index is -0.660. The van der Waals surface area contributed by atoms with E-state index < -0.39 is 5.60 Å². The number of nitrogens with one attached hydrogen (secondary N) is 2. The molecule has 92 valence electrons. The van der Waals surface area contributed by atoms with E-state index in [1.807, 2.05) is 30.5 Å². The van der Waals surface area contributed by atoms with E-state index in [2.05, 4.69) is 10.3 Å². The highest BCUT2D eigenvalue weighted by Crippen LogP contribution is 2.34. The molecule has 3 rings (SSSR count). The number of halogens is 1. The monoisotopic (exact) mass is 252 g/mol. The predicted molar refractivity (Wildman–Crippen MR) is 71.5 cm³/mol. The molecule has 4 heteroatoms. The molecule has 0 saturated carbocycles. The van der Waals surface area contributed by atoms with Gasteiger partial charge in [0.25, 0.3) is 0 Å². The number of fused-ring (bicyclic) bond motifs is 1. The topological polar surface area (TPSA) is 48.0 Å². The van der Waals surface area contributed by atoms with Crippen LogP contribution < -0.4 is 5.32 Å². The molecule has 0 atom stereocenters. The van der Waals surface area contributed by atoms with Crippen molar-refractivity contribution < 1.29 is 5.11 Å². The average molecular weight is 253 g/mol. The number of hydrogen-bond donors (Lipinski definition) is 3. The largest absolute Gasteiger partial charge is 0.385 e. The first-order valence-corrected chi connectivity index (χ1v) is 5.79. The molecule has 1 aliphatic heterocycles. The Hall–Kier alpha value is -1.03. The molecule has 2 heterocycles. The van der Waals surface area contributed by atoms with Crippen LogP contribution in [0.25, 0.3) is 10.9 Å². The third-order valence-electron chi connectivity index (χ3n) is 3.53. The first kappa shape index (κ1) is 12.4. The van der Waals surface area contributed by atoms with Crippen molar-refractivity contribution in [1.29, 1.82) is 0 Å². The Morgan fingerprint density at radius 1 is 1.12 bits per heavy atom. The molecule has 0 radical (unpaired) electrons. The smallest absolute Gasteiger partial charge is 0.0927 e. The Morgan fingerprint density at radius 3 is 2.65 bits per heavy atom. The predicted octanol–water partition coefficient (Wildman–Crippen LogP) is 2.16. The fourth-order valence-corrected chi connectivity index (χ4v) is 2.60. The molecule has 0 aliphatic carbocycles. The molecule has 2 aromatic rings. The molecule has 0 unspecified atom stereocenters.